The van der Waals surface area contributed by atoms with Gasteiger partial charge in [0, 0.05) is 11.3 Å². The lowest BCUT2D eigenvalue weighted by Crippen LogP contribution is -2.31. The second-order valence-electron chi connectivity index (χ2n) is 5.67. The topological polar surface area (TPSA) is 43.5 Å². The SMILES string of the molecule is CCC1=C(C)C(=O)n2c1cc1c(C)c(CC)c(C)n1c2=O. The molecule has 0 amide bonds. The molecule has 0 spiro atoms. The van der Waals surface area contributed by atoms with Crippen molar-refractivity contribution in [2.24, 2.45) is 0 Å². The zero-order chi connectivity index (χ0) is 15.5. The minimum atomic E-state index is -0.240. The second kappa shape index (κ2) is 4.45. The number of aromatic nitrogens is 2. The van der Waals surface area contributed by atoms with E-state index in [-0.39, 0.29) is 11.6 Å². The fourth-order valence-electron chi connectivity index (χ4n) is 3.60. The highest BCUT2D eigenvalue weighted by Gasteiger charge is 2.29. The summed E-state index contributed by atoms with van der Waals surface area (Å²) in [6, 6.07) is 2.00. The Labute approximate surface area is 123 Å². The molecule has 0 saturated carbocycles. The molecule has 0 aliphatic carbocycles. The Morgan fingerprint density at radius 2 is 1.71 bits per heavy atom. The summed E-state index contributed by atoms with van der Waals surface area (Å²) in [6.07, 6.45) is 1.64. The van der Waals surface area contributed by atoms with Crippen molar-refractivity contribution in [3.8, 4) is 0 Å². The maximum atomic E-state index is 12.8. The number of allylic oxidation sites excluding steroid dienone is 2. The molecule has 110 valence electrons. The largest absolute Gasteiger partial charge is 0.340 e. The Kier molecular flexibility index (Phi) is 2.94. The average molecular weight is 284 g/mol. The smallest absolute Gasteiger partial charge is 0.269 e. The van der Waals surface area contributed by atoms with Crippen molar-refractivity contribution in [2.45, 2.75) is 47.5 Å². The van der Waals surface area contributed by atoms with Gasteiger partial charge in [-0.2, -0.15) is 0 Å². The molecule has 0 saturated heterocycles. The van der Waals surface area contributed by atoms with E-state index >= 15 is 0 Å². The van der Waals surface area contributed by atoms with Gasteiger partial charge in [-0.15, -0.1) is 0 Å². The first kappa shape index (κ1) is 13.9. The van der Waals surface area contributed by atoms with E-state index in [4.69, 9.17) is 0 Å². The third-order valence-electron chi connectivity index (χ3n) is 4.74. The molecule has 0 unspecified atom stereocenters. The van der Waals surface area contributed by atoms with Crippen LogP contribution in [0.3, 0.4) is 0 Å². The van der Waals surface area contributed by atoms with E-state index in [0.717, 1.165) is 40.9 Å². The van der Waals surface area contributed by atoms with E-state index in [9.17, 15) is 9.59 Å². The van der Waals surface area contributed by atoms with Gasteiger partial charge in [0.15, 0.2) is 0 Å². The number of hydrogen-bond acceptors (Lipinski definition) is 2. The third-order valence-corrected chi connectivity index (χ3v) is 4.74. The first-order chi connectivity index (χ1) is 9.93. The highest BCUT2D eigenvalue weighted by atomic mass is 16.2. The first-order valence-electron chi connectivity index (χ1n) is 7.45. The van der Waals surface area contributed by atoms with Gasteiger partial charge in [0.25, 0.3) is 5.91 Å². The zero-order valence-corrected chi connectivity index (χ0v) is 13.2. The maximum absolute atomic E-state index is 12.8. The van der Waals surface area contributed by atoms with Crippen LogP contribution >= 0.6 is 0 Å². The van der Waals surface area contributed by atoms with Crippen molar-refractivity contribution in [1.82, 2.24) is 8.97 Å². The predicted molar refractivity (Wildman–Crippen MR) is 84.0 cm³/mol. The number of carbonyl (C=O) groups is 1. The van der Waals surface area contributed by atoms with Crippen LogP contribution in [0.15, 0.2) is 16.4 Å². The van der Waals surface area contributed by atoms with E-state index in [0.29, 0.717) is 5.57 Å². The molecule has 21 heavy (non-hydrogen) atoms. The predicted octanol–water partition coefficient (Wildman–Crippen LogP) is 3.12. The summed E-state index contributed by atoms with van der Waals surface area (Å²) >= 11 is 0. The van der Waals surface area contributed by atoms with E-state index in [1.54, 1.807) is 11.3 Å². The lowest BCUT2D eigenvalue weighted by atomic mass is 10.1. The van der Waals surface area contributed by atoms with Gasteiger partial charge in [0.1, 0.15) is 0 Å². The van der Waals surface area contributed by atoms with Gasteiger partial charge in [0.05, 0.1) is 11.2 Å². The van der Waals surface area contributed by atoms with Crippen LogP contribution in [-0.4, -0.2) is 14.9 Å². The summed E-state index contributed by atoms with van der Waals surface area (Å²) < 4.78 is 3.01. The van der Waals surface area contributed by atoms with Crippen molar-refractivity contribution in [2.75, 3.05) is 0 Å². The molecule has 0 bridgehead atoms. The number of aryl methyl sites for hydroxylation is 2. The van der Waals surface area contributed by atoms with Crippen LogP contribution in [0.4, 0.5) is 0 Å². The number of hydrogen-bond donors (Lipinski definition) is 0. The average Bonchev–Trinajstić information content (AvgIpc) is 2.84. The normalized spacial score (nSPS) is 14.4. The van der Waals surface area contributed by atoms with E-state index < -0.39 is 0 Å². The molecule has 0 N–H and O–H groups in total. The number of nitrogens with zero attached hydrogens (tertiary/aromatic N) is 2. The molecule has 4 nitrogen and oxygen atoms in total. The Bertz CT molecular complexity index is 879. The quantitative estimate of drug-likeness (QED) is 0.850. The van der Waals surface area contributed by atoms with Crippen molar-refractivity contribution in [1.29, 1.82) is 0 Å². The number of rotatable bonds is 2. The van der Waals surface area contributed by atoms with Gasteiger partial charge >= 0.3 is 5.69 Å². The molecular weight excluding hydrogens is 264 g/mol. The minimum Gasteiger partial charge on any atom is -0.269 e. The monoisotopic (exact) mass is 284 g/mol. The molecule has 0 atom stereocenters. The van der Waals surface area contributed by atoms with Crippen molar-refractivity contribution in [3.05, 3.63) is 44.6 Å². The van der Waals surface area contributed by atoms with Gasteiger partial charge in [0.2, 0.25) is 0 Å². The fraction of sp³-hybridized carbons (Fsp3) is 0.412. The summed E-state index contributed by atoms with van der Waals surface area (Å²) in [6.45, 7) is 9.92. The zero-order valence-electron chi connectivity index (χ0n) is 13.2. The Hall–Kier alpha value is -2.10. The van der Waals surface area contributed by atoms with Gasteiger partial charge < -0.3 is 0 Å². The Balaban J connectivity index is 2.51. The van der Waals surface area contributed by atoms with Crippen LogP contribution < -0.4 is 5.69 Å². The highest BCUT2D eigenvalue weighted by Crippen LogP contribution is 2.31. The van der Waals surface area contributed by atoms with Crippen LogP contribution in [-0.2, 0) is 6.42 Å². The van der Waals surface area contributed by atoms with E-state index in [1.165, 1.54) is 10.1 Å². The lowest BCUT2D eigenvalue weighted by molar-refractivity contribution is 0.0955. The van der Waals surface area contributed by atoms with Gasteiger partial charge in [-0.1, -0.05) is 13.8 Å². The molecule has 0 radical (unpaired) electrons. The molecule has 2 aromatic rings. The number of carbonyl (C=O) groups excluding carboxylic acids is 1. The Morgan fingerprint density at radius 3 is 2.29 bits per heavy atom. The van der Waals surface area contributed by atoms with Gasteiger partial charge in [-0.05, 0) is 56.4 Å². The molecule has 0 fully saturated rings. The summed E-state index contributed by atoms with van der Waals surface area (Å²) in [4.78, 5) is 25.2. The molecular formula is C17H20N2O2. The molecule has 1 aliphatic rings. The maximum Gasteiger partial charge on any atom is 0.340 e. The summed E-state index contributed by atoms with van der Waals surface area (Å²) in [7, 11) is 0. The van der Waals surface area contributed by atoms with Crippen LogP contribution in [0.25, 0.3) is 11.1 Å². The molecule has 2 aromatic heterocycles. The molecule has 3 heterocycles. The first-order valence-corrected chi connectivity index (χ1v) is 7.45. The van der Waals surface area contributed by atoms with Crippen molar-refractivity contribution in [3.63, 3.8) is 0 Å². The summed E-state index contributed by atoms with van der Waals surface area (Å²) in [5.74, 6) is -0.183. The summed E-state index contributed by atoms with van der Waals surface area (Å²) in [5, 5.41) is 0. The van der Waals surface area contributed by atoms with Gasteiger partial charge in [-0.25, -0.2) is 9.36 Å². The Morgan fingerprint density at radius 1 is 1.05 bits per heavy atom. The third kappa shape index (κ3) is 1.56. The van der Waals surface area contributed by atoms with Crippen LogP contribution in [0.5, 0.6) is 0 Å². The lowest BCUT2D eigenvalue weighted by Gasteiger charge is -2.07. The minimum absolute atomic E-state index is 0.183. The summed E-state index contributed by atoms with van der Waals surface area (Å²) in [5.41, 5.74) is 6.40. The molecule has 4 heteroatoms. The van der Waals surface area contributed by atoms with Crippen molar-refractivity contribution >= 4 is 17.0 Å². The van der Waals surface area contributed by atoms with E-state index in [2.05, 4.69) is 13.8 Å². The molecule has 0 aromatic carbocycles. The van der Waals surface area contributed by atoms with E-state index in [1.807, 2.05) is 19.9 Å². The van der Waals surface area contributed by atoms with Gasteiger partial charge in [-0.3, -0.25) is 9.20 Å². The van der Waals surface area contributed by atoms with Crippen LogP contribution in [0.2, 0.25) is 0 Å². The van der Waals surface area contributed by atoms with Crippen LogP contribution in [0.1, 0.15) is 54.5 Å². The number of fused-ring (bicyclic) bond motifs is 2. The van der Waals surface area contributed by atoms with Crippen molar-refractivity contribution < 1.29 is 4.79 Å². The molecule has 1 aliphatic heterocycles. The highest BCUT2D eigenvalue weighted by molar-refractivity contribution is 6.08. The molecule has 3 rings (SSSR count). The second-order valence-corrected chi connectivity index (χ2v) is 5.67. The standard InChI is InChI=1S/C17H20N2O2/c1-6-12-9(3)14-8-15-13(7-2)10(4)16(20)19(15)17(21)18(14)11(12)5/h8H,6-7H2,1-5H3. The van der Waals surface area contributed by atoms with Crippen LogP contribution in [0, 0.1) is 13.8 Å². The fourth-order valence-corrected chi connectivity index (χ4v) is 3.60.